The number of ether oxygens (including phenoxy) is 1. The largest absolute Gasteiger partial charge is 0.381 e. The van der Waals surface area contributed by atoms with Crippen molar-refractivity contribution in [2.45, 2.75) is 33.1 Å². The fourth-order valence-corrected chi connectivity index (χ4v) is 2.22. The summed E-state index contributed by atoms with van der Waals surface area (Å²) < 4.78 is 30.8. The Hall–Kier alpha value is -0.170. The Bertz CT molecular complexity index is 255. The first-order valence-corrected chi connectivity index (χ1v) is 8.03. The Morgan fingerprint density at radius 3 is 2.41 bits per heavy atom. The van der Waals surface area contributed by atoms with Crippen LogP contribution in [0.4, 0.5) is 0 Å². The van der Waals surface area contributed by atoms with Crippen LogP contribution in [0.25, 0.3) is 0 Å². The van der Waals surface area contributed by atoms with Gasteiger partial charge in [0.15, 0.2) is 0 Å². The molecule has 0 aromatic rings. The van der Waals surface area contributed by atoms with Crippen molar-refractivity contribution in [3.63, 3.8) is 0 Å². The number of hydrogen-bond donors (Lipinski definition) is 2. The van der Waals surface area contributed by atoms with Gasteiger partial charge >= 0.3 is 0 Å². The summed E-state index contributed by atoms with van der Waals surface area (Å²) in [6.45, 7) is 7.20. The predicted molar refractivity (Wildman–Crippen MR) is 70.7 cm³/mol. The SMILES string of the molecule is CCCCOCCCNS(=O)(=O)CCNCC. The Morgan fingerprint density at radius 1 is 1.06 bits per heavy atom. The van der Waals surface area contributed by atoms with Crippen LogP contribution in [0.5, 0.6) is 0 Å². The standard InChI is InChI=1S/C11H26N2O3S/c1-3-5-9-16-10-6-7-13-17(14,15)11-8-12-4-2/h12-13H,3-11H2,1-2H3. The molecule has 0 aromatic heterocycles. The van der Waals surface area contributed by atoms with Gasteiger partial charge in [0.05, 0.1) is 5.75 Å². The van der Waals surface area contributed by atoms with Gasteiger partial charge in [-0.1, -0.05) is 20.3 Å². The van der Waals surface area contributed by atoms with E-state index < -0.39 is 10.0 Å². The molecule has 0 saturated heterocycles. The molecule has 104 valence electrons. The quantitative estimate of drug-likeness (QED) is 0.511. The zero-order chi connectivity index (χ0) is 13.0. The van der Waals surface area contributed by atoms with Crippen LogP contribution in [0, 0.1) is 0 Å². The molecule has 0 radical (unpaired) electrons. The molecule has 0 saturated carbocycles. The molecule has 0 heterocycles. The van der Waals surface area contributed by atoms with E-state index in [1.165, 1.54) is 0 Å². The molecule has 0 aliphatic carbocycles. The molecule has 0 bridgehead atoms. The third-order valence-corrected chi connectivity index (χ3v) is 3.61. The third-order valence-electron chi connectivity index (χ3n) is 2.23. The van der Waals surface area contributed by atoms with E-state index in [9.17, 15) is 8.42 Å². The van der Waals surface area contributed by atoms with Gasteiger partial charge in [0.1, 0.15) is 0 Å². The van der Waals surface area contributed by atoms with Crippen molar-refractivity contribution >= 4 is 10.0 Å². The van der Waals surface area contributed by atoms with Crippen LogP contribution in [-0.2, 0) is 14.8 Å². The van der Waals surface area contributed by atoms with E-state index in [1.807, 2.05) is 6.92 Å². The van der Waals surface area contributed by atoms with Gasteiger partial charge in [0.2, 0.25) is 10.0 Å². The second-order valence-corrected chi connectivity index (χ2v) is 5.81. The lowest BCUT2D eigenvalue weighted by Crippen LogP contribution is -2.32. The summed E-state index contributed by atoms with van der Waals surface area (Å²) in [4.78, 5) is 0. The van der Waals surface area contributed by atoms with E-state index in [2.05, 4.69) is 17.0 Å². The highest BCUT2D eigenvalue weighted by atomic mass is 32.2. The van der Waals surface area contributed by atoms with Crippen molar-refractivity contribution in [3.05, 3.63) is 0 Å². The zero-order valence-corrected chi connectivity index (χ0v) is 11.8. The molecule has 0 fully saturated rings. The summed E-state index contributed by atoms with van der Waals surface area (Å²) in [5.74, 6) is 0.136. The summed E-state index contributed by atoms with van der Waals surface area (Å²) in [6.07, 6.45) is 2.91. The van der Waals surface area contributed by atoms with Gasteiger partial charge in [-0.25, -0.2) is 13.1 Å². The summed E-state index contributed by atoms with van der Waals surface area (Å²) in [6, 6.07) is 0. The lowest BCUT2D eigenvalue weighted by atomic mass is 10.4. The van der Waals surface area contributed by atoms with Crippen molar-refractivity contribution in [2.75, 3.05) is 38.6 Å². The van der Waals surface area contributed by atoms with Crippen molar-refractivity contribution in [1.82, 2.24) is 10.0 Å². The van der Waals surface area contributed by atoms with E-state index in [-0.39, 0.29) is 5.75 Å². The second kappa shape index (κ2) is 11.0. The Kier molecular flexibility index (Phi) is 10.8. The molecular weight excluding hydrogens is 240 g/mol. The fraction of sp³-hybridized carbons (Fsp3) is 1.00. The Balaban J connectivity index is 3.39. The molecule has 0 spiro atoms. The third kappa shape index (κ3) is 12.1. The number of unbranched alkanes of at least 4 members (excludes halogenated alkanes) is 1. The minimum absolute atomic E-state index is 0.136. The lowest BCUT2D eigenvalue weighted by Gasteiger charge is -2.07. The summed E-state index contributed by atoms with van der Waals surface area (Å²) >= 11 is 0. The molecule has 0 aromatic carbocycles. The van der Waals surface area contributed by atoms with Crippen molar-refractivity contribution in [3.8, 4) is 0 Å². The number of hydrogen-bond acceptors (Lipinski definition) is 4. The minimum atomic E-state index is -3.12. The van der Waals surface area contributed by atoms with Crippen LogP contribution in [0.1, 0.15) is 33.1 Å². The van der Waals surface area contributed by atoms with Gasteiger partial charge in [0.25, 0.3) is 0 Å². The van der Waals surface area contributed by atoms with Crippen LogP contribution >= 0.6 is 0 Å². The average molecular weight is 266 g/mol. The molecule has 17 heavy (non-hydrogen) atoms. The van der Waals surface area contributed by atoms with Crippen molar-refractivity contribution in [2.24, 2.45) is 0 Å². The van der Waals surface area contributed by atoms with Crippen LogP contribution in [0.3, 0.4) is 0 Å². The number of rotatable bonds is 12. The summed E-state index contributed by atoms with van der Waals surface area (Å²) in [5, 5.41) is 2.99. The molecule has 0 aliphatic heterocycles. The predicted octanol–water partition coefficient (Wildman–Crippen LogP) is 0.722. The molecule has 0 rings (SSSR count). The van der Waals surface area contributed by atoms with E-state index in [0.29, 0.717) is 19.7 Å². The molecule has 2 N–H and O–H groups in total. The number of sulfonamides is 1. The highest BCUT2D eigenvalue weighted by Gasteiger charge is 2.07. The number of nitrogens with one attached hydrogen (secondary N) is 2. The topological polar surface area (TPSA) is 67.4 Å². The molecule has 0 atom stereocenters. The van der Waals surface area contributed by atoms with Crippen LogP contribution in [-0.4, -0.2) is 47.0 Å². The van der Waals surface area contributed by atoms with Gasteiger partial charge in [-0.3, -0.25) is 0 Å². The van der Waals surface area contributed by atoms with Crippen LogP contribution in [0.2, 0.25) is 0 Å². The maximum absolute atomic E-state index is 11.4. The Labute approximate surface area is 105 Å². The lowest BCUT2D eigenvalue weighted by molar-refractivity contribution is 0.130. The first-order valence-electron chi connectivity index (χ1n) is 6.38. The van der Waals surface area contributed by atoms with Crippen molar-refractivity contribution in [1.29, 1.82) is 0 Å². The van der Waals surface area contributed by atoms with Gasteiger partial charge < -0.3 is 10.1 Å². The molecular formula is C11H26N2O3S. The van der Waals surface area contributed by atoms with E-state index in [1.54, 1.807) is 0 Å². The first-order chi connectivity index (χ1) is 8.12. The van der Waals surface area contributed by atoms with E-state index >= 15 is 0 Å². The fourth-order valence-electron chi connectivity index (χ4n) is 1.21. The first kappa shape index (κ1) is 16.8. The van der Waals surface area contributed by atoms with E-state index in [4.69, 9.17) is 4.74 Å². The molecule has 0 unspecified atom stereocenters. The van der Waals surface area contributed by atoms with E-state index in [0.717, 1.165) is 32.4 Å². The molecule has 0 amide bonds. The molecule has 6 heteroatoms. The second-order valence-electron chi connectivity index (χ2n) is 3.89. The highest BCUT2D eigenvalue weighted by molar-refractivity contribution is 7.89. The van der Waals surface area contributed by atoms with Gasteiger partial charge in [-0.2, -0.15) is 0 Å². The summed E-state index contributed by atoms with van der Waals surface area (Å²) in [5.41, 5.74) is 0. The van der Waals surface area contributed by atoms with Gasteiger partial charge in [0, 0.05) is 26.3 Å². The Morgan fingerprint density at radius 2 is 1.76 bits per heavy atom. The molecule has 5 nitrogen and oxygen atoms in total. The van der Waals surface area contributed by atoms with Crippen LogP contribution in [0.15, 0.2) is 0 Å². The highest BCUT2D eigenvalue weighted by Crippen LogP contribution is 1.90. The summed E-state index contributed by atoms with van der Waals surface area (Å²) in [7, 11) is -3.12. The maximum atomic E-state index is 11.4. The average Bonchev–Trinajstić information content (AvgIpc) is 2.28. The minimum Gasteiger partial charge on any atom is -0.381 e. The monoisotopic (exact) mass is 266 g/mol. The zero-order valence-electron chi connectivity index (χ0n) is 11.0. The smallest absolute Gasteiger partial charge is 0.212 e. The van der Waals surface area contributed by atoms with Gasteiger partial charge in [-0.05, 0) is 19.4 Å². The molecule has 0 aliphatic rings. The maximum Gasteiger partial charge on any atom is 0.212 e. The van der Waals surface area contributed by atoms with Crippen molar-refractivity contribution < 1.29 is 13.2 Å². The van der Waals surface area contributed by atoms with Crippen LogP contribution < -0.4 is 10.0 Å². The normalized spacial score (nSPS) is 11.9. The van der Waals surface area contributed by atoms with Gasteiger partial charge in [-0.15, -0.1) is 0 Å².